The first-order chi connectivity index (χ1) is 6.83. The van der Waals surface area contributed by atoms with E-state index in [1.165, 1.54) is 0 Å². The summed E-state index contributed by atoms with van der Waals surface area (Å²) in [6.45, 7) is 4.91. The van der Waals surface area contributed by atoms with Gasteiger partial charge in [-0.05, 0) is 12.8 Å². The third kappa shape index (κ3) is 31.3. The van der Waals surface area contributed by atoms with Crippen LogP contribution in [0.15, 0.2) is 0 Å². The molecule has 0 aliphatic rings. The number of rotatable bonds is 8. The normalized spacial score (nSPS) is 8.80. The van der Waals surface area contributed by atoms with Crippen LogP contribution in [0, 0.1) is 0 Å². The van der Waals surface area contributed by atoms with E-state index in [0.717, 1.165) is 38.5 Å². The van der Waals surface area contributed by atoms with Crippen molar-refractivity contribution >= 4 is 23.1 Å². The molecule has 0 fully saturated rings. The molecule has 0 aliphatic carbocycles. The average Bonchev–Trinajstić information content (AvgIpc) is 2.21. The molecule has 0 saturated carbocycles. The third-order valence-corrected chi connectivity index (χ3v) is 1.66. The monoisotopic (exact) mass is 230 g/mol. The van der Waals surface area contributed by atoms with Gasteiger partial charge in [-0.15, -0.1) is 0 Å². The summed E-state index contributed by atoms with van der Waals surface area (Å²) in [5.41, 5.74) is 0. The zero-order valence-corrected chi connectivity index (χ0v) is 11.4. The molecule has 0 bridgehead atoms. The first-order valence-electron chi connectivity index (χ1n) is 5.32. The van der Waals surface area contributed by atoms with Crippen molar-refractivity contribution in [2.24, 2.45) is 0 Å². The van der Waals surface area contributed by atoms with Gasteiger partial charge in [0.05, 0.1) is 0 Å². The first-order valence-corrected chi connectivity index (χ1v) is 5.32. The van der Waals surface area contributed by atoms with E-state index < -0.39 is 0 Å². The summed E-state index contributed by atoms with van der Waals surface area (Å²) in [6.07, 6.45) is 6.29. The second kappa shape index (κ2) is 24.0. The number of hydrogen-bond acceptors (Lipinski definition) is 4. The first kappa shape index (κ1) is 21.0. The van der Waals surface area contributed by atoms with Crippen molar-refractivity contribution in [3.05, 3.63) is 0 Å². The summed E-state index contributed by atoms with van der Waals surface area (Å²) in [7, 11) is 0. The zero-order chi connectivity index (χ0) is 11.1. The molecule has 0 saturated heterocycles. The minimum absolute atomic E-state index is 0. The van der Waals surface area contributed by atoms with Crippen molar-refractivity contribution in [3.8, 4) is 0 Å². The number of hydrogen-bond donors (Lipinski definition) is 0. The summed E-state index contributed by atoms with van der Waals surface area (Å²) < 4.78 is 0. The summed E-state index contributed by atoms with van der Waals surface area (Å²) in [5, 5.41) is 18.6. The molecule has 4 nitrogen and oxygen atoms in total. The van der Waals surface area contributed by atoms with Crippen LogP contribution in [0.2, 0.25) is 0 Å². The molecule has 0 atom stereocenters. The van der Waals surface area contributed by atoms with Crippen LogP contribution in [-0.2, 0) is 9.78 Å². The van der Waals surface area contributed by atoms with Crippen LogP contribution in [0.5, 0.6) is 0 Å². The maximum Gasteiger partial charge on any atom is 2.00 e. The molecule has 0 N–H and O–H groups in total. The molecule has 0 amide bonds. The smallest absolute Gasteiger partial charge is 0.723 e. The Bertz CT molecular complexity index is 65.8. The van der Waals surface area contributed by atoms with E-state index in [4.69, 9.17) is 0 Å². The van der Waals surface area contributed by atoms with Crippen molar-refractivity contribution in [2.75, 3.05) is 13.2 Å². The third-order valence-electron chi connectivity index (χ3n) is 1.66. The van der Waals surface area contributed by atoms with E-state index in [1.807, 2.05) is 0 Å². The van der Waals surface area contributed by atoms with Crippen molar-refractivity contribution < 1.29 is 20.3 Å². The summed E-state index contributed by atoms with van der Waals surface area (Å²) in [6, 6.07) is 0. The van der Waals surface area contributed by atoms with Crippen LogP contribution in [0.1, 0.15) is 52.4 Å². The van der Waals surface area contributed by atoms with Gasteiger partial charge >= 0.3 is 23.1 Å². The van der Waals surface area contributed by atoms with Gasteiger partial charge in [0, 0.05) is 13.2 Å². The Balaban J connectivity index is -0.000000180. The summed E-state index contributed by atoms with van der Waals surface area (Å²) >= 11 is 0. The van der Waals surface area contributed by atoms with Crippen LogP contribution in [0.4, 0.5) is 0 Å². The second-order valence-corrected chi connectivity index (χ2v) is 3.06. The Morgan fingerprint density at radius 3 is 1.27 bits per heavy atom. The van der Waals surface area contributed by atoms with Gasteiger partial charge in [-0.25, -0.2) is 0 Å². The fourth-order valence-electron chi connectivity index (χ4n) is 0.822. The fraction of sp³-hybridized carbons (Fsp3) is 1.00. The van der Waals surface area contributed by atoms with Gasteiger partial charge in [-0.2, -0.15) is 0 Å². The predicted molar refractivity (Wildman–Crippen MR) is 56.7 cm³/mol. The van der Waals surface area contributed by atoms with E-state index in [1.54, 1.807) is 0 Å². The zero-order valence-electron chi connectivity index (χ0n) is 10.00. The fourth-order valence-corrected chi connectivity index (χ4v) is 0.822. The van der Waals surface area contributed by atoms with E-state index in [0.29, 0.717) is 13.2 Å². The maximum atomic E-state index is 9.30. The Labute approximate surface area is 109 Å². The molecule has 0 rings (SSSR count). The Hall–Kier alpha value is 0.606. The predicted octanol–water partition coefficient (Wildman–Crippen LogP) is 0.556. The standard InChI is InChI=1S/2C5H12O2.Mg/c2*1-2-3-4-5-7-6;/h2*6H,2-5H2,1H3;/q;;+2/p-2. The van der Waals surface area contributed by atoms with Crippen LogP contribution < -0.4 is 10.5 Å². The minimum Gasteiger partial charge on any atom is -0.723 e. The molecule has 0 aromatic rings. The molecule has 0 heterocycles. The van der Waals surface area contributed by atoms with Crippen molar-refractivity contribution in [3.63, 3.8) is 0 Å². The second-order valence-electron chi connectivity index (χ2n) is 3.06. The molecule has 0 unspecified atom stereocenters. The topological polar surface area (TPSA) is 64.6 Å². The van der Waals surface area contributed by atoms with Gasteiger partial charge in [0.2, 0.25) is 0 Å². The van der Waals surface area contributed by atoms with Gasteiger partial charge in [0.25, 0.3) is 0 Å². The molecular formula is C10H22MgO4. The molecular weight excluding hydrogens is 208 g/mol. The van der Waals surface area contributed by atoms with Gasteiger partial charge in [0.15, 0.2) is 0 Å². The summed E-state index contributed by atoms with van der Waals surface area (Å²) in [4.78, 5) is 7.19. The van der Waals surface area contributed by atoms with Gasteiger partial charge < -0.3 is 20.3 Å². The quantitative estimate of drug-likeness (QED) is 0.264. The molecule has 0 aliphatic heterocycles. The SMILES string of the molecule is CCCCCO[O-].CCCCCO[O-].[Mg+2]. The van der Waals surface area contributed by atoms with E-state index in [2.05, 4.69) is 23.6 Å². The van der Waals surface area contributed by atoms with E-state index >= 15 is 0 Å². The van der Waals surface area contributed by atoms with Crippen molar-refractivity contribution in [1.82, 2.24) is 0 Å². The van der Waals surface area contributed by atoms with Gasteiger partial charge in [-0.3, -0.25) is 0 Å². The van der Waals surface area contributed by atoms with E-state index in [-0.39, 0.29) is 23.1 Å². The van der Waals surface area contributed by atoms with Gasteiger partial charge in [0.1, 0.15) is 0 Å². The van der Waals surface area contributed by atoms with Crippen molar-refractivity contribution in [1.29, 1.82) is 0 Å². The maximum absolute atomic E-state index is 9.30. The molecule has 0 radical (unpaired) electrons. The van der Waals surface area contributed by atoms with Crippen LogP contribution >= 0.6 is 0 Å². The van der Waals surface area contributed by atoms with Crippen LogP contribution in [0.3, 0.4) is 0 Å². The van der Waals surface area contributed by atoms with E-state index in [9.17, 15) is 10.5 Å². The Morgan fingerprint density at radius 1 is 0.733 bits per heavy atom. The van der Waals surface area contributed by atoms with Gasteiger partial charge in [-0.1, -0.05) is 39.5 Å². The number of unbranched alkanes of at least 4 members (excludes halogenated alkanes) is 4. The molecule has 15 heavy (non-hydrogen) atoms. The van der Waals surface area contributed by atoms with Crippen molar-refractivity contribution in [2.45, 2.75) is 52.4 Å². The Kier molecular flexibility index (Phi) is 33.6. The summed E-state index contributed by atoms with van der Waals surface area (Å²) in [5.74, 6) is 0. The molecule has 0 aromatic heterocycles. The molecule has 88 valence electrons. The molecule has 0 aromatic carbocycles. The molecule has 5 heteroatoms. The molecule has 0 spiro atoms. The Morgan fingerprint density at radius 2 is 1.07 bits per heavy atom. The largest absolute Gasteiger partial charge is 2.00 e. The average molecular weight is 231 g/mol. The van der Waals surface area contributed by atoms with Crippen LogP contribution in [0.25, 0.3) is 0 Å². The van der Waals surface area contributed by atoms with Crippen LogP contribution in [-0.4, -0.2) is 36.3 Å². The minimum atomic E-state index is 0.